The summed E-state index contributed by atoms with van der Waals surface area (Å²) < 4.78 is 15.9. The van der Waals surface area contributed by atoms with E-state index >= 15 is 0 Å². The molecule has 1 heterocycles. The third-order valence-electron chi connectivity index (χ3n) is 4.12. The lowest BCUT2D eigenvalue weighted by Crippen LogP contribution is -2.10. The molecule has 1 aromatic heterocycles. The third kappa shape index (κ3) is 3.96. The van der Waals surface area contributed by atoms with E-state index in [-0.39, 0.29) is 35.5 Å². The second kappa shape index (κ2) is 8.08. The summed E-state index contributed by atoms with van der Waals surface area (Å²) in [5, 5.41) is 0.468. The highest BCUT2D eigenvalue weighted by Crippen LogP contribution is 2.26. The van der Waals surface area contributed by atoms with Gasteiger partial charge in [-0.05, 0) is 51.1 Å². The fraction of sp³-hybridized carbons (Fsp3) is 0.227. The second-order valence-corrected chi connectivity index (χ2v) is 6.21. The Balaban J connectivity index is 2.18. The van der Waals surface area contributed by atoms with Crippen LogP contribution in [0.25, 0.3) is 22.3 Å². The first kappa shape index (κ1) is 19.4. The fourth-order valence-corrected chi connectivity index (χ4v) is 2.85. The highest BCUT2D eigenvalue weighted by molar-refractivity contribution is 5.97. The molecule has 0 saturated carbocycles. The van der Waals surface area contributed by atoms with Gasteiger partial charge in [-0.15, -0.1) is 0 Å². The molecular weight excluding hydrogens is 360 g/mol. The average Bonchev–Trinajstić information content (AvgIpc) is 2.68. The van der Waals surface area contributed by atoms with E-state index in [0.29, 0.717) is 16.5 Å². The maximum Gasteiger partial charge on any atom is 0.338 e. The van der Waals surface area contributed by atoms with Gasteiger partial charge in [0, 0.05) is 11.6 Å². The SMILES string of the molecule is CCOC(=O)c1cc(C(=O)OCC)cc(-c2cc(=O)c3cc(C)ccc3o2)c1. The Bertz CT molecular complexity index is 1070. The van der Waals surface area contributed by atoms with Gasteiger partial charge in [0.1, 0.15) is 11.3 Å². The number of carbonyl (C=O) groups is 2. The van der Waals surface area contributed by atoms with Gasteiger partial charge in [0.25, 0.3) is 0 Å². The van der Waals surface area contributed by atoms with E-state index in [1.165, 1.54) is 24.3 Å². The standard InChI is InChI=1S/C22H20O6/c1-4-26-21(24)15-9-14(10-16(11-15)22(25)27-5-2)20-12-18(23)17-8-13(3)6-7-19(17)28-20/h6-12H,4-5H2,1-3H3. The van der Waals surface area contributed by atoms with Gasteiger partial charge in [-0.25, -0.2) is 9.59 Å². The van der Waals surface area contributed by atoms with Crippen LogP contribution in [0.15, 0.2) is 51.7 Å². The van der Waals surface area contributed by atoms with Crippen LogP contribution in [0.4, 0.5) is 0 Å². The molecule has 0 bridgehead atoms. The first-order valence-corrected chi connectivity index (χ1v) is 8.97. The number of rotatable bonds is 5. The Morgan fingerprint density at radius 3 is 2.07 bits per heavy atom. The predicted molar refractivity (Wildman–Crippen MR) is 105 cm³/mol. The van der Waals surface area contributed by atoms with Crippen molar-refractivity contribution >= 4 is 22.9 Å². The summed E-state index contributed by atoms with van der Waals surface area (Å²) in [4.78, 5) is 36.9. The highest BCUT2D eigenvalue weighted by atomic mass is 16.5. The molecule has 0 spiro atoms. The largest absolute Gasteiger partial charge is 0.462 e. The predicted octanol–water partition coefficient (Wildman–Crippen LogP) is 4.12. The fourth-order valence-electron chi connectivity index (χ4n) is 2.85. The minimum atomic E-state index is -0.575. The molecular formula is C22H20O6. The Hall–Kier alpha value is -3.41. The zero-order valence-electron chi connectivity index (χ0n) is 15.9. The molecule has 0 aliphatic rings. The molecule has 6 nitrogen and oxygen atoms in total. The molecule has 0 atom stereocenters. The summed E-state index contributed by atoms with van der Waals surface area (Å²) in [6.45, 7) is 5.67. The minimum absolute atomic E-state index is 0.175. The normalized spacial score (nSPS) is 10.7. The highest BCUT2D eigenvalue weighted by Gasteiger charge is 2.17. The number of fused-ring (bicyclic) bond motifs is 1. The zero-order chi connectivity index (χ0) is 20.3. The molecule has 0 N–H and O–H groups in total. The molecule has 0 unspecified atom stereocenters. The van der Waals surface area contributed by atoms with Crippen LogP contribution in [0.5, 0.6) is 0 Å². The molecule has 6 heteroatoms. The number of hydrogen-bond donors (Lipinski definition) is 0. The van der Waals surface area contributed by atoms with Crippen LogP contribution in [0.2, 0.25) is 0 Å². The summed E-state index contributed by atoms with van der Waals surface area (Å²) in [5.41, 5.74) is 1.92. The molecule has 28 heavy (non-hydrogen) atoms. The lowest BCUT2D eigenvalue weighted by Gasteiger charge is -2.09. The van der Waals surface area contributed by atoms with E-state index in [1.54, 1.807) is 26.0 Å². The number of hydrogen-bond acceptors (Lipinski definition) is 6. The summed E-state index contributed by atoms with van der Waals surface area (Å²) in [6.07, 6.45) is 0. The van der Waals surface area contributed by atoms with Crippen LogP contribution in [0.1, 0.15) is 40.1 Å². The first-order chi connectivity index (χ1) is 13.4. The van der Waals surface area contributed by atoms with Crippen LogP contribution in [-0.4, -0.2) is 25.2 Å². The summed E-state index contributed by atoms with van der Waals surface area (Å²) >= 11 is 0. The van der Waals surface area contributed by atoms with E-state index in [1.807, 2.05) is 13.0 Å². The lowest BCUT2D eigenvalue weighted by molar-refractivity contribution is 0.0525. The quantitative estimate of drug-likeness (QED) is 0.619. The van der Waals surface area contributed by atoms with Gasteiger partial charge in [0.2, 0.25) is 0 Å². The molecule has 144 valence electrons. The van der Waals surface area contributed by atoms with Gasteiger partial charge in [-0.1, -0.05) is 11.6 Å². The lowest BCUT2D eigenvalue weighted by atomic mass is 10.0. The van der Waals surface area contributed by atoms with Crippen LogP contribution in [-0.2, 0) is 9.47 Å². The van der Waals surface area contributed by atoms with E-state index < -0.39 is 11.9 Å². The van der Waals surface area contributed by atoms with E-state index in [0.717, 1.165) is 5.56 Å². The number of ether oxygens (including phenoxy) is 2. The van der Waals surface area contributed by atoms with Crippen LogP contribution in [0.3, 0.4) is 0 Å². The second-order valence-electron chi connectivity index (χ2n) is 6.21. The van der Waals surface area contributed by atoms with Crippen molar-refractivity contribution in [2.24, 2.45) is 0 Å². The van der Waals surface area contributed by atoms with Crippen molar-refractivity contribution in [3.8, 4) is 11.3 Å². The van der Waals surface area contributed by atoms with Crippen LogP contribution in [0, 0.1) is 6.92 Å². The Kier molecular flexibility index (Phi) is 5.59. The molecule has 0 amide bonds. The molecule has 0 aliphatic heterocycles. The van der Waals surface area contributed by atoms with Crippen molar-refractivity contribution in [3.05, 3.63) is 69.4 Å². The molecule has 3 rings (SSSR count). The first-order valence-electron chi connectivity index (χ1n) is 8.97. The smallest absolute Gasteiger partial charge is 0.338 e. The zero-order valence-corrected chi connectivity index (χ0v) is 15.9. The Morgan fingerprint density at radius 2 is 1.50 bits per heavy atom. The summed E-state index contributed by atoms with van der Waals surface area (Å²) in [5.74, 6) is -0.902. The van der Waals surface area contributed by atoms with Gasteiger partial charge in [-0.2, -0.15) is 0 Å². The number of carbonyl (C=O) groups excluding carboxylic acids is 2. The topological polar surface area (TPSA) is 82.8 Å². The van der Waals surface area contributed by atoms with Crippen molar-refractivity contribution in [1.82, 2.24) is 0 Å². The van der Waals surface area contributed by atoms with Crippen molar-refractivity contribution in [2.45, 2.75) is 20.8 Å². The van der Waals surface area contributed by atoms with Crippen molar-refractivity contribution in [1.29, 1.82) is 0 Å². The minimum Gasteiger partial charge on any atom is -0.462 e. The van der Waals surface area contributed by atoms with Gasteiger partial charge in [0.15, 0.2) is 5.43 Å². The molecule has 0 radical (unpaired) electrons. The van der Waals surface area contributed by atoms with E-state index in [2.05, 4.69) is 0 Å². The van der Waals surface area contributed by atoms with E-state index in [4.69, 9.17) is 13.9 Å². The van der Waals surface area contributed by atoms with Crippen molar-refractivity contribution in [3.63, 3.8) is 0 Å². The monoisotopic (exact) mass is 380 g/mol. The molecule has 0 aliphatic carbocycles. The van der Waals surface area contributed by atoms with Gasteiger partial charge < -0.3 is 13.9 Å². The third-order valence-corrected chi connectivity index (χ3v) is 4.12. The average molecular weight is 380 g/mol. The maximum atomic E-state index is 12.5. The number of benzene rings is 2. The van der Waals surface area contributed by atoms with E-state index in [9.17, 15) is 14.4 Å². The summed E-state index contributed by atoms with van der Waals surface area (Å²) in [6, 6.07) is 11.1. The maximum absolute atomic E-state index is 12.5. The summed E-state index contributed by atoms with van der Waals surface area (Å²) in [7, 11) is 0. The van der Waals surface area contributed by atoms with Crippen molar-refractivity contribution in [2.75, 3.05) is 13.2 Å². The van der Waals surface area contributed by atoms with Crippen LogP contribution < -0.4 is 5.43 Å². The number of esters is 2. The van der Waals surface area contributed by atoms with Crippen molar-refractivity contribution < 1.29 is 23.5 Å². The Labute approximate surface area is 161 Å². The van der Waals surface area contributed by atoms with Gasteiger partial charge in [-0.3, -0.25) is 4.79 Å². The van der Waals surface area contributed by atoms with Gasteiger partial charge in [0.05, 0.1) is 29.7 Å². The van der Waals surface area contributed by atoms with Crippen LogP contribution >= 0.6 is 0 Å². The molecule has 0 saturated heterocycles. The number of aryl methyl sites for hydroxylation is 1. The Morgan fingerprint density at radius 1 is 0.893 bits per heavy atom. The molecule has 3 aromatic rings. The molecule has 2 aromatic carbocycles. The van der Waals surface area contributed by atoms with Gasteiger partial charge >= 0.3 is 11.9 Å². The molecule has 0 fully saturated rings.